The van der Waals surface area contributed by atoms with Gasteiger partial charge in [-0.25, -0.2) is 0 Å². The molecule has 3 rings (SSSR count). The van der Waals surface area contributed by atoms with Crippen molar-refractivity contribution in [1.82, 2.24) is 15.2 Å². The second-order valence-electron chi connectivity index (χ2n) is 4.28. The molecule has 0 aromatic carbocycles. The number of ether oxygens (including phenoxy) is 1. The average Bonchev–Trinajstić information content (AvgIpc) is 2.79. The Kier molecular flexibility index (Phi) is 2.46. The van der Waals surface area contributed by atoms with E-state index >= 15 is 0 Å². The average molecular weight is 253 g/mol. The van der Waals surface area contributed by atoms with Gasteiger partial charge in [0.05, 0.1) is 5.92 Å². The third-order valence-electron chi connectivity index (χ3n) is 3.15. The summed E-state index contributed by atoms with van der Waals surface area (Å²) in [6, 6.07) is 5.85. The van der Waals surface area contributed by atoms with E-state index in [2.05, 4.69) is 21.3 Å². The number of hydrogen-bond donors (Lipinski definition) is 2. The number of aromatic nitrogens is 3. The van der Waals surface area contributed by atoms with E-state index in [1.54, 1.807) is 12.4 Å². The first-order valence-electron chi connectivity index (χ1n) is 5.74. The van der Waals surface area contributed by atoms with Crippen molar-refractivity contribution >= 4 is 0 Å². The van der Waals surface area contributed by atoms with Gasteiger partial charge in [0.15, 0.2) is 0 Å². The van der Waals surface area contributed by atoms with Crippen LogP contribution in [0, 0.1) is 18.3 Å². The maximum Gasteiger partial charge on any atom is 0.244 e. The van der Waals surface area contributed by atoms with Crippen LogP contribution < -0.4 is 10.5 Å². The van der Waals surface area contributed by atoms with Gasteiger partial charge in [-0.15, -0.1) is 5.10 Å². The number of pyridine rings is 1. The van der Waals surface area contributed by atoms with Gasteiger partial charge in [-0.3, -0.25) is 10.1 Å². The van der Waals surface area contributed by atoms with Crippen LogP contribution in [0.1, 0.15) is 22.7 Å². The van der Waals surface area contributed by atoms with Crippen molar-refractivity contribution in [3.05, 3.63) is 52.8 Å². The van der Waals surface area contributed by atoms with Crippen LogP contribution in [0.5, 0.6) is 5.88 Å². The van der Waals surface area contributed by atoms with Gasteiger partial charge in [0.25, 0.3) is 0 Å². The molecule has 3 heterocycles. The van der Waals surface area contributed by atoms with Crippen LogP contribution in [0.25, 0.3) is 0 Å². The topological polar surface area (TPSA) is 101 Å². The molecule has 1 atom stereocenters. The highest BCUT2D eigenvalue weighted by Gasteiger charge is 2.34. The van der Waals surface area contributed by atoms with Crippen molar-refractivity contribution in [3.63, 3.8) is 0 Å². The number of fused-ring (bicyclic) bond motifs is 1. The Morgan fingerprint density at radius 2 is 2.37 bits per heavy atom. The van der Waals surface area contributed by atoms with Crippen molar-refractivity contribution in [2.45, 2.75) is 12.8 Å². The molecule has 1 aliphatic heterocycles. The lowest BCUT2D eigenvalue weighted by atomic mass is 9.85. The van der Waals surface area contributed by atoms with Gasteiger partial charge < -0.3 is 10.5 Å². The molecule has 6 heteroatoms. The van der Waals surface area contributed by atoms with E-state index in [0.717, 1.165) is 16.8 Å². The van der Waals surface area contributed by atoms with E-state index in [-0.39, 0.29) is 11.8 Å². The number of nitrogens with one attached hydrogen (secondary N) is 1. The standard InChI is InChI=1S/C13H11N5O/c1-7-10-11(8-3-2-4-16-6-8)9(5-14)12(15)19-13(10)18-17-7/h2-4,6,11H,15H2,1H3,(H,17,18). The third-order valence-corrected chi connectivity index (χ3v) is 3.15. The first-order valence-corrected chi connectivity index (χ1v) is 5.74. The molecule has 19 heavy (non-hydrogen) atoms. The number of hydrogen-bond acceptors (Lipinski definition) is 5. The highest BCUT2D eigenvalue weighted by atomic mass is 16.5. The van der Waals surface area contributed by atoms with Crippen LogP contribution in [-0.2, 0) is 0 Å². The monoisotopic (exact) mass is 253 g/mol. The van der Waals surface area contributed by atoms with Crippen LogP contribution in [-0.4, -0.2) is 15.2 Å². The molecule has 0 fully saturated rings. The number of nitriles is 1. The summed E-state index contributed by atoms with van der Waals surface area (Å²) >= 11 is 0. The lowest BCUT2D eigenvalue weighted by molar-refractivity contribution is 0.378. The number of nitrogens with two attached hydrogens (primary N) is 1. The summed E-state index contributed by atoms with van der Waals surface area (Å²) in [4.78, 5) is 4.10. The molecule has 6 nitrogen and oxygen atoms in total. The minimum absolute atomic E-state index is 0.0929. The van der Waals surface area contributed by atoms with Crippen molar-refractivity contribution in [1.29, 1.82) is 5.26 Å². The second-order valence-corrected chi connectivity index (χ2v) is 4.28. The molecule has 1 aliphatic rings. The van der Waals surface area contributed by atoms with E-state index in [4.69, 9.17) is 10.5 Å². The zero-order chi connectivity index (χ0) is 13.4. The fraction of sp³-hybridized carbons (Fsp3) is 0.154. The summed E-state index contributed by atoms with van der Waals surface area (Å²) < 4.78 is 5.38. The molecule has 0 amide bonds. The van der Waals surface area contributed by atoms with Crippen molar-refractivity contribution in [2.24, 2.45) is 5.73 Å². The second kappa shape index (κ2) is 4.14. The molecular formula is C13H11N5O. The first-order chi connectivity index (χ1) is 9.22. The lowest BCUT2D eigenvalue weighted by Crippen LogP contribution is -2.21. The Hall–Kier alpha value is -2.81. The summed E-state index contributed by atoms with van der Waals surface area (Å²) in [5.41, 5.74) is 8.75. The molecule has 3 N–H and O–H groups in total. The zero-order valence-electron chi connectivity index (χ0n) is 10.2. The fourth-order valence-electron chi connectivity index (χ4n) is 2.28. The molecule has 0 spiro atoms. The Labute approximate surface area is 109 Å². The van der Waals surface area contributed by atoms with E-state index < -0.39 is 0 Å². The minimum Gasteiger partial charge on any atom is -0.420 e. The minimum atomic E-state index is -0.291. The Balaban J connectivity index is 2.25. The van der Waals surface area contributed by atoms with E-state index in [9.17, 15) is 5.26 Å². The lowest BCUT2D eigenvalue weighted by Gasteiger charge is -2.23. The van der Waals surface area contributed by atoms with Crippen LogP contribution in [0.4, 0.5) is 0 Å². The van der Waals surface area contributed by atoms with Crippen molar-refractivity contribution in [2.75, 3.05) is 0 Å². The molecule has 0 aliphatic carbocycles. The molecule has 0 bridgehead atoms. The normalized spacial score (nSPS) is 17.6. The van der Waals surface area contributed by atoms with Gasteiger partial charge in [-0.05, 0) is 18.6 Å². The number of allylic oxidation sites excluding steroid dienone is 1. The Bertz CT molecular complexity index is 696. The Morgan fingerprint density at radius 3 is 3.05 bits per heavy atom. The number of rotatable bonds is 1. The smallest absolute Gasteiger partial charge is 0.244 e. The van der Waals surface area contributed by atoms with Gasteiger partial charge in [-0.2, -0.15) is 5.26 Å². The molecule has 0 saturated heterocycles. The summed E-state index contributed by atoms with van der Waals surface area (Å²) in [6.07, 6.45) is 3.40. The highest BCUT2D eigenvalue weighted by Crippen LogP contribution is 2.42. The third kappa shape index (κ3) is 1.64. The SMILES string of the molecule is Cc1[nH]nc2c1C(c1cccnc1)C(C#N)=C(N)O2. The maximum absolute atomic E-state index is 9.33. The Morgan fingerprint density at radius 1 is 1.53 bits per heavy atom. The summed E-state index contributed by atoms with van der Waals surface area (Å²) in [5, 5.41) is 16.2. The highest BCUT2D eigenvalue weighted by molar-refractivity contribution is 5.54. The summed E-state index contributed by atoms with van der Waals surface area (Å²) in [5.74, 6) is 0.222. The largest absolute Gasteiger partial charge is 0.420 e. The van der Waals surface area contributed by atoms with Crippen LogP contribution in [0.3, 0.4) is 0 Å². The predicted molar refractivity (Wildman–Crippen MR) is 66.9 cm³/mol. The van der Waals surface area contributed by atoms with Gasteiger partial charge in [0, 0.05) is 23.7 Å². The van der Waals surface area contributed by atoms with Gasteiger partial charge in [0.1, 0.15) is 11.6 Å². The van der Waals surface area contributed by atoms with Crippen molar-refractivity contribution in [3.8, 4) is 11.9 Å². The maximum atomic E-state index is 9.33. The van der Waals surface area contributed by atoms with Gasteiger partial charge in [0.2, 0.25) is 11.8 Å². The van der Waals surface area contributed by atoms with Crippen LogP contribution in [0.2, 0.25) is 0 Å². The molecule has 0 radical (unpaired) electrons. The molecular weight excluding hydrogens is 242 g/mol. The van der Waals surface area contributed by atoms with Gasteiger partial charge >= 0.3 is 0 Å². The molecule has 0 saturated carbocycles. The molecule has 94 valence electrons. The van der Waals surface area contributed by atoms with Gasteiger partial charge in [-0.1, -0.05) is 6.07 Å². The number of H-pyrrole nitrogens is 1. The molecule has 1 unspecified atom stereocenters. The van der Waals surface area contributed by atoms with E-state index in [1.807, 2.05) is 19.1 Å². The quantitative estimate of drug-likeness (QED) is 0.798. The number of nitrogens with zero attached hydrogens (tertiary/aromatic N) is 3. The van der Waals surface area contributed by atoms with Crippen LogP contribution in [0.15, 0.2) is 36.0 Å². The first kappa shape index (κ1) is 11.3. The fourth-order valence-corrected chi connectivity index (χ4v) is 2.28. The molecule has 2 aromatic heterocycles. The van der Waals surface area contributed by atoms with Crippen molar-refractivity contribution < 1.29 is 4.74 Å². The summed E-state index contributed by atoms with van der Waals surface area (Å²) in [7, 11) is 0. The number of aromatic amines is 1. The number of aryl methyl sites for hydroxylation is 1. The predicted octanol–water partition coefficient (Wildman–Crippen LogP) is 1.33. The van der Waals surface area contributed by atoms with Crippen LogP contribution >= 0.6 is 0 Å². The molecule has 2 aromatic rings. The summed E-state index contributed by atoms with van der Waals surface area (Å²) in [6.45, 7) is 1.88. The zero-order valence-corrected chi connectivity index (χ0v) is 10.2. The van der Waals surface area contributed by atoms with E-state index in [1.165, 1.54) is 0 Å². The van der Waals surface area contributed by atoms with E-state index in [0.29, 0.717) is 11.5 Å².